The molecule has 0 unspecified atom stereocenters. The first kappa shape index (κ1) is 7.27. The summed E-state index contributed by atoms with van der Waals surface area (Å²) in [6.45, 7) is 0.125. The molecule has 2 rings (SSSR count). The van der Waals surface area contributed by atoms with Crippen LogP contribution in [0, 0.1) is 0 Å². The summed E-state index contributed by atoms with van der Waals surface area (Å²) >= 11 is 0. The van der Waals surface area contributed by atoms with Gasteiger partial charge in [-0.3, -0.25) is 4.79 Å². The van der Waals surface area contributed by atoms with Crippen LogP contribution in [0.2, 0.25) is 0 Å². The second-order valence-corrected chi connectivity index (χ2v) is 3.08. The zero-order valence-electron chi connectivity index (χ0n) is 6.60. The van der Waals surface area contributed by atoms with Crippen LogP contribution in [0.25, 0.3) is 0 Å². The zero-order valence-corrected chi connectivity index (χ0v) is 6.60. The Morgan fingerprint density at radius 1 is 1.75 bits per heavy atom. The lowest BCUT2D eigenvalue weighted by Crippen LogP contribution is -2.18. The van der Waals surface area contributed by atoms with Gasteiger partial charge in [-0.1, -0.05) is 5.21 Å². The van der Waals surface area contributed by atoms with E-state index < -0.39 is 0 Å². The smallest absolute Gasteiger partial charge is 0.239 e. The van der Waals surface area contributed by atoms with Gasteiger partial charge in [-0.2, -0.15) is 0 Å². The number of carbonyl (C=O) groups excluding carboxylic acids is 1. The Labute approximate surface area is 69.5 Å². The number of nitrogens with two attached hydrogens (primary N) is 1. The molecule has 0 bridgehead atoms. The van der Waals surface area contributed by atoms with Gasteiger partial charge in [-0.25, -0.2) is 4.68 Å². The van der Waals surface area contributed by atoms with Crippen molar-refractivity contribution in [3.63, 3.8) is 0 Å². The van der Waals surface area contributed by atoms with Gasteiger partial charge in [0, 0.05) is 12.1 Å². The molecule has 5 nitrogen and oxygen atoms in total. The molecule has 0 saturated heterocycles. The molecule has 0 aliphatic heterocycles. The highest BCUT2D eigenvalue weighted by molar-refractivity contribution is 5.73. The molecule has 1 heterocycles. The molecule has 1 amide bonds. The van der Waals surface area contributed by atoms with E-state index in [4.69, 9.17) is 5.73 Å². The van der Waals surface area contributed by atoms with Gasteiger partial charge in [-0.05, 0) is 12.8 Å². The van der Waals surface area contributed by atoms with Crippen molar-refractivity contribution in [3.8, 4) is 0 Å². The van der Waals surface area contributed by atoms with Crippen LogP contribution in [-0.4, -0.2) is 20.9 Å². The van der Waals surface area contributed by atoms with Crippen LogP contribution < -0.4 is 5.73 Å². The maximum atomic E-state index is 10.5. The Morgan fingerprint density at radius 2 is 2.50 bits per heavy atom. The first-order valence-electron chi connectivity index (χ1n) is 3.94. The molecule has 0 aromatic carbocycles. The maximum Gasteiger partial charge on any atom is 0.239 e. The third-order valence-corrected chi connectivity index (χ3v) is 1.87. The van der Waals surface area contributed by atoms with E-state index in [2.05, 4.69) is 10.3 Å². The van der Waals surface area contributed by atoms with Crippen molar-refractivity contribution in [3.05, 3.63) is 11.9 Å². The van der Waals surface area contributed by atoms with Gasteiger partial charge in [0.2, 0.25) is 5.91 Å². The SMILES string of the molecule is NC(=O)Cn1cc(C2CC2)nn1. The lowest BCUT2D eigenvalue weighted by Gasteiger charge is -1.91. The number of amides is 1. The summed E-state index contributed by atoms with van der Waals surface area (Å²) in [5.41, 5.74) is 5.98. The summed E-state index contributed by atoms with van der Waals surface area (Å²) in [5, 5.41) is 7.72. The zero-order chi connectivity index (χ0) is 8.55. The molecule has 1 aromatic heterocycles. The van der Waals surface area contributed by atoms with E-state index >= 15 is 0 Å². The molecule has 1 aliphatic rings. The van der Waals surface area contributed by atoms with Crippen LogP contribution in [0.15, 0.2) is 6.20 Å². The van der Waals surface area contributed by atoms with E-state index in [0.29, 0.717) is 5.92 Å². The lowest BCUT2D eigenvalue weighted by molar-refractivity contribution is -0.118. The predicted octanol–water partition coefficient (Wildman–Crippen LogP) is -0.359. The largest absolute Gasteiger partial charge is 0.368 e. The number of primary amides is 1. The Bertz CT molecular complexity index is 302. The molecule has 12 heavy (non-hydrogen) atoms. The topological polar surface area (TPSA) is 73.8 Å². The minimum atomic E-state index is -0.387. The Morgan fingerprint density at radius 3 is 3.08 bits per heavy atom. The van der Waals surface area contributed by atoms with Crippen molar-refractivity contribution in [1.29, 1.82) is 0 Å². The summed E-state index contributed by atoms with van der Waals surface area (Å²) < 4.78 is 1.48. The minimum absolute atomic E-state index is 0.125. The average Bonchev–Trinajstić information content (AvgIpc) is 2.73. The molecule has 1 saturated carbocycles. The predicted molar refractivity (Wildman–Crippen MR) is 41.2 cm³/mol. The second kappa shape index (κ2) is 2.58. The van der Waals surface area contributed by atoms with Gasteiger partial charge in [0.15, 0.2) is 0 Å². The highest BCUT2D eigenvalue weighted by atomic mass is 16.1. The van der Waals surface area contributed by atoms with E-state index in [9.17, 15) is 4.79 Å². The molecule has 1 aliphatic carbocycles. The van der Waals surface area contributed by atoms with E-state index in [1.807, 2.05) is 0 Å². The Balaban J connectivity index is 2.07. The van der Waals surface area contributed by atoms with E-state index in [-0.39, 0.29) is 12.5 Å². The van der Waals surface area contributed by atoms with Gasteiger partial charge < -0.3 is 5.73 Å². The van der Waals surface area contributed by atoms with E-state index in [1.165, 1.54) is 17.5 Å². The monoisotopic (exact) mass is 166 g/mol. The molecule has 2 N–H and O–H groups in total. The van der Waals surface area contributed by atoms with Crippen molar-refractivity contribution in [2.45, 2.75) is 25.3 Å². The number of rotatable bonds is 3. The van der Waals surface area contributed by atoms with Gasteiger partial charge >= 0.3 is 0 Å². The number of hydrogen-bond donors (Lipinski definition) is 1. The van der Waals surface area contributed by atoms with Gasteiger partial charge in [0.05, 0.1) is 5.69 Å². The molecule has 1 aromatic rings. The van der Waals surface area contributed by atoms with Crippen LogP contribution in [0.4, 0.5) is 0 Å². The van der Waals surface area contributed by atoms with E-state index in [1.54, 1.807) is 6.20 Å². The molecule has 1 fully saturated rings. The molecule has 0 spiro atoms. The first-order valence-corrected chi connectivity index (χ1v) is 3.94. The third kappa shape index (κ3) is 1.44. The van der Waals surface area contributed by atoms with E-state index in [0.717, 1.165) is 5.69 Å². The normalized spacial score (nSPS) is 16.3. The molecular formula is C7H10N4O. The van der Waals surface area contributed by atoms with Gasteiger partial charge in [0.25, 0.3) is 0 Å². The third-order valence-electron chi connectivity index (χ3n) is 1.87. The summed E-state index contributed by atoms with van der Waals surface area (Å²) in [6, 6.07) is 0. The van der Waals surface area contributed by atoms with Crippen LogP contribution in [-0.2, 0) is 11.3 Å². The van der Waals surface area contributed by atoms with Crippen molar-refractivity contribution in [1.82, 2.24) is 15.0 Å². The van der Waals surface area contributed by atoms with Crippen molar-refractivity contribution >= 4 is 5.91 Å². The highest BCUT2D eigenvalue weighted by Gasteiger charge is 2.26. The highest BCUT2D eigenvalue weighted by Crippen LogP contribution is 2.38. The average molecular weight is 166 g/mol. The van der Waals surface area contributed by atoms with Crippen molar-refractivity contribution in [2.75, 3.05) is 0 Å². The minimum Gasteiger partial charge on any atom is -0.368 e. The van der Waals surface area contributed by atoms with Crippen LogP contribution in [0.5, 0.6) is 0 Å². The summed E-state index contributed by atoms with van der Waals surface area (Å²) in [4.78, 5) is 10.5. The maximum absolute atomic E-state index is 10.5. The fraction of sp³-hybridized carbons (Fsp3) is 0.571. The quantitative estimate of drug-likeness (QED) is 0.666. The standard InChI is InChI=1S/C7H10N4O/c8-7(12)4-11-3-6(9-10-11)5-1-2-5/h3,5H,1-2,4H2,(H2,8,12). The molecular weight excluding hydrogens is 156 g/mol. The fourth-order valence-electron chi connectivity index (χ4n) is 1.12. The summed E-state index contributed by atoms with van der Waals surface area (Å²) in [5.74, 6) is 0.189. The lowest BCUT2D eigenvalue weighted by atomic mass is 10.3. The number of carbonyl (C=O) groups is 1. The van der Waals surface area contributed by atoms with Crippen molar-refractivity contribution in [2.24, 2.45) is 5.73 Å². The number of hydrogen-bond acceptors (Lipinski definition) is 3. The van der Waals surface area contributed by atoms with Gasteiger partial charge in [0.1, 0.15) is 6.54 Å². The van der Waals surface area contributed by atoms with Crippen LogP contribution >= 0.6 is 0 Å². The first-order chi connectivity index (χ1) is 5.75. The van der Waals surface area contributed by atoms with Crippen molar-refractivity contribution < 1.29 is 4.79 Å². The summed E-state index contributed by atoms with van der Waals surface area (Å²) in [6.07, 6.45) is 4.17. The van der Waals surface area contributed by atoms with Gasteiger partial charge in [-0.15, -0.1) is 5.10 Å². The second-order valence-electron chi connectivity index (χ2n) is 3.08. The number of aromatic nitrogens is 3. The number of nitrogens with zero attached hydrogens (tertiary/aromatic N) is 3. The fourth-order valence-corrected chi connectivity index (χ4v) is 1.12. The molecule has 5 heteroatoms. The molecule has 0 radical (unpaired) electrons. The Kier molecular flexibility index (Phi) is 1.56. The molecule has 0 atom stereocenters. The molecule has 64 valence electrons. The Hall–Kier alpha value is -1.39. The van der Waals surface area contributed by atoms with Crippen LogP contribution in [0.3, 0.4) is 0 Å². The van der Waals surface area contributed by atoms with Crippen LogP contribution in [0.1, 0.15) is 24.5 Å². The summed E-state index contributed by atoms with van der Waals surface area (Å²) in [7, 11) is 0.